The van der Waals surface area contributed by atoms with E-state index in [9.17, 15) is 4.79 Å². The highest BCUT2D eigenvalue weighted by Gasteiger charge is 2.17. The van der Waals surface area contributed by atoms with Crippen LogP contribution in [0.15, 0.2) is 23.2 Å². The van der Waals surface area contributed by atoms with Gasteiger partial charge in [0.15, 0.2) is 11.5 Å². The van der Waals surface area contributed by atoms with Crippen molar-refractivity contribution in [2.75, 3.05) is 13.4 Å². The number of nitrogens with zero attached hydrogens (tertiary/aromatic N) is 2. The smallest absolute Gasteiger partial charge is 0.343 e. The number of carbonyl (C=O) groups is 1. The molecule has 0 amide bonds. The SMILES string of the molecule is CCOC(=O)c1c(C)nc(C)sc1=Nc1ccc2c(c1)OCO2. The molecule has 7 heteroatoms. The van der Waals surface area contributed by atoms with E-state index >= 15 is 0 Å². The Kier molecular flexibility index (Phi) is 4.29. The second-order valence-electron chi connectivity index (χ2n) is 4.87. The number of hydrogen-bond acceptors (Lipinski definition) is 7. The summed E-state index contributed by atoms with van der Waals surface area (Å²) in [6, 6.07) is 5.41. The summed E-state index contributed by atoms with van der Waals surface area (Å²) in [4.78, 5) is 21.2. The van der Waals surface area contributed by atoms with Crippen molar-refractivity contribution in [1.29, 1.82) is 0 Å². The molecule has 0 aliphatic carbocycles. The van der Waals surface area contributed by atoms with Crippen molar-refractivity contribution in [3.63, 3.8) is 0 Å². The zero-order valence-electron chi connectivity index (χ0n) is 13.1. The fourth-order valence-corrected chi connectivity index (χ4v) is 3.20. The summed E-state index contributed by atoms with van der Waals surface area (Å²) in [6.07, 6.45) is 0. The molecule has 1 aliphatic rings. The minimum Gasteiger partial charge on any atom is -0.462 e. The maximum Gasteiger partial charge on any atom is 0.343 e. The number of ether oxygens (including phenoxy) is 3. The number of carbonyl (C=O) groups excluding carboxylic acids is 1. The van der Waals surface area contributed by atoms with Gasteiger partial charge in [0.25, 0.3) is 0 Å². The number of rotatable bonds is 3. The lowest BCUT2D eigenvalue weighted by atomic mass is 10.2. The summed E-state index contributed by atoms with van der Waals surface area (Å²) in [7, 11) is 0. The molecule has 2 heterocycles. The first-order valence-electron chi connectivity index (χ1n) is 7.18. The van der Waals surface area contributed by atoms with Crippen LogP contribution in [-0.2, 0) is 4.74 Å². The highest BCUT2D eigenvalue weighted by Crippen LogP contribution is 2.35. The molecule has 6 nitrogen and oxygen atoms in total. The average Bonchev–Trinajstić information content (AvgIpc) is 2.94. The number of fused-ring (bicyclic) bond motifs is 1. The average molecular weight is 332 g/mol. The summed E-state index contributed by atoms with van der Waals surface area (Å²) in [5, 5.41) is 0.829. The van der Waals surface area contributed by atoms with Gasteiger partial charge in [-0.2, -0.15) is 0 Å². The second-order valence-corrected chi connectivity index (χ2v) is 6.05. The molecule has 23 heavy (non-hydrogen) atoms. The number of benzene rings is 1. The highest BCUT2D eigenvalue weighted by atomic mass is 32.1. The van der Waals surface area contributed by atoms with Crippen LogP contribution in [0.1, 0.15) is 28.0 Å². The Bertz CT molecular complexity index is 829. The molecule has 1 aliphatic heterocycles. The van der Waals surface area contributed by atoms with Crippen molar-refractivity contribution >= 4 is 23.0 Å². The predicted octanol–water partition coefficient (Wildman–Crippen LogP) is 2.90. The number of aromatic nitrogens is 1. The van der Waals surface area contributed by atoms with E-state index in [2.05, 4.69) is 9.98 Å². The molecule has 0 N–H and O–H groups in total. The lowest BCUT2D eigenvalue weighted by Crippen LogP contribution is -2.19. The Morgan fingerprint density at radius 1 is 1.35 bits per heavy atom. The third-order valence-electron chi connectivity index (χ3n) is 3.21. The molecule has 0 bridgehead atoms. The van der Waals surface area contributed by atoms with Gasteiger partial charge in [0.1, 0.15) is 10.2 Å². The van der Waals surface area contributed by atoms with Crippen molar-refractivity contribution in [3.05, 3.63) is 39.1 Å². The molecule has 0 saturated heterocycles. The summed E-state index contributed by atoms with van der Waals surface area (Å²) in [6.45, 7) is 5.95. The third-order valence-corrected chi connectivity index (χ3v) is 4.09. The van der Waals surface area contributed by atoms with Crippen LogP contribution < -0.4 is 14.1 Å². The van der Waals surface area contributed by atoms with E-state index in [-0.39, 0.29) is 6.79 Å². The lowest BCUT2D eigenvalue weighted by molar-refractivity contribution is 0.0523. The fraction of sp³-hybridized carbons (Fsp3) is 0.312. The van der Waals surface area contributed by atoms with E-state index in [4.69, 9.17) is 14.2 Å². The summed E-state index contributed by atoms with van der Waals surface area (Å²) >= 11 is 1.35. The van der Waals surface area contributed by atoms with Gasteiger partial charge in [-0.3, -0.25) is 0 Å². The quantitative estimate of drug-likeness (QED) is 0.808. The first-order chi connectivity index (χ1) is 11.1. The van der Waals surface area contributed by atoms with Gasteiger partial charge in [0.05, 0.1) is 23.0 Å². The van der Waals surface area contributed by atoms with Crippen molar-refractivity contribution in [3.8, 4) is 11.5 Å². The fourth-order valence-electron chi connectivity index (χ4n) is 2.25. The molecule has 1 aromatic carbocycles. The molecule has 1 aromatic heterocycles. The highest BCUT2D eigenvalue weighted by molar-refractivity contribution is 7.09. The largest absolute Gasteiger partial charge is 0.462 e. The molecule has 0 saturated carbocycles. The van der Waals surface area contributed by atoms with Gasteiger partial charge >= 0.3 is 5.97 Å². The van der Waals surface area contributed by atoms with Crippen LogP contribution in [0.5, 0.6) is 11.5 Å². The van der Waals surface area contributed by atoms with Crippen molar-refractivity contribution in [2.45, 2.75) is 20.8 Å². The topological polar surface area (TPSA) is 70.0 Å². The van der Waals surface area contributed by atoms with E-state index in [0.29, 0.717) is 39.7 Å². The maximum absolute atomic E-state index is 12.2. The number of aryl methyl sites for hydroxylation is 2. The van der Waals surface area contributed by atoms with E-state index in [0.717, 1.165) is 5.01 Å². The molecule has 0 radical (unpaired) electrons. The van der Waals surface area contributed by atoms with Gasteiger partial charge < -0.3 is 14.2 Å². The summed E-state index contributed by atoms with van der Waals surface area (Å²) < 4.78 is 16.3. The molecule has 0 fully saturated rings. The maximum atomic E-state index is 12.2. The van der Waals surface area contributed by atoms with Crippen molar-refractivity contribution < 1.29 is 19.0 Å². The normalized spacial score (nSPS) is 13.3. The molecule has 2 aromatic rings. The van der Waals surface area contributed by atoms with Crippen LogP contribution in [0.2, 0.25) is 0 Å². The van der Waals surface area contributed by atoms with Crippen LogP contribution in [0.4, 0.5) is 5.69 Å². The van der Waals surface area contributed by atoms with Gasteiger partial charge in [-0.1, -0.05) is 0 Å². The minimum atomic E-state index is -0.409. The van der Waals surface area contributed by atoms with E-state index in [1.807, 2.05) is 13.0 Å². The van der Waals surface area contributed by atoms with Gasteiger partial charge in [0, 0.05) is 6.07 Å². The molecule has 0 atom stereocenters. The Morgan fingerprint density at radius 2 is 2.13 bits per heavy atom. The van der Waals surface area contributed by atoms with Gasteiger partial charge in [-0.05, 0) is 32.9 Å². The monoisotopic (exact) mass is 332 g/mol. The number of esters is 1. The van der Waals surface area contributed by atoms with E-state index < -0.39 is 5.97 Å². The molecule has 0 spiro atoms. The van der Waals surface area contributed by atoms with E-state index in [1.54, 1.807) is 26.0 Å². The Balaban J connectivity index is 2.12. The van der Waals surface area contributed by atoms with Gasteiger partial charge in [-0.25, -0.2) is 14.8 Å². The van der Waals surface area contributed by atoms with Crippen molar-refractivity contribution in [2.24, 2.45) is 4.99 Å². The van der Waals surface area contributed by atoms with Gasteiger partial charge in [0.2, 0.25) is 6.79 Å². The third kappa shape index (κ3) is 3.19. The number of hydrogen-bond donors (Lipinski definition) is 0. The van der Waals surface area contributed by atoms with Crippen LogP contribution in [0.3, 0.4) is 0 Å². The molecular formula is C16H16N2O4S. The lowest BCUT2D eigenvalue weighted by Gasteiger charge is -2.06. The summed E-state index contributed by atoms with van der Waals surface area (Å²) in [5.41, 5.74) is 1.69. The van der Waals surface area contributed by atoms with Crippen LogP contribution in [0, 0.1) is 13.8 Å². The molecule has 3 rings (SSSR count). The van der Waals surface area contributed by atoms with Crippen LogP contribution in [0.25, 0.3) is 0 Å². The predicted molar refractivity (Wildman–Crippen MR) is 85.3 cm³/mol. The Hall–Kier alpha value is -2.41. The first-order valence-corrected chi connectivity index (χ1v) is 8.00. The zero-order valence-corrected chi connectivity index (χ0v) is 13.9. The Morgan fingerprint density at radius 3 is 2.91 bits per heavy atom. The van der Waals surface area contributed by atoms with Crippen LogP contribution >= 0.6 is 11.3 Å². The standard InChI is InChI=1S/C16H16N2O4S/c1-4-20-16(19)14-9(2)17-10(3)23-15(14)18-11-5-6-12-13(7-11)22-8-21-12/h5-7H,4,8H2,1-3H3. The molecule has 0 unspecified atom stereocenters. The summed E-state index contributed by atoms with van der Waals surface area (Å²) in [5.74, 6) is 0.935. The molecule has 120 valence electrons. The second kappa shape index (κ2) is 6.37. The Labute approximate surface area is 137 Å². The van der Waals surface area contributed by atoms with Crippen LogP contribution in [-0.4, -0.2) is 24.4 Å². The van der Waals surface area contributed by atoms with E-state index in [1.165, 1.54) is 11.3 Å². The first kappa shape index (κ1) is 15.5. The minimum absolute atomic E-state index is 0.211. The van der Waals surface area contributed by atoms with Gasteiger partial charge in [-0.15, -0.1) is 11.3 Å². The van der Waals surface area contributed by atoms with Crippen molar-refractivity contribution in [1.82, 2.24) is 4.98 Å². The molecular weight excluding hydrogens is 316 g/mol. The zero-order chi connectivity index (χ0) is 16.4.